The molecule has 1 aromatic heterocycles. The van der Waals surface area contributed by atoms with E-state index >= 15 is 0 Å². The van der Waals surface area contributed by atoms with Gasteiger partial charge in [0, 0.05) is 18.0 Å². The molecule has 0 unspecified atom stereocenters. The maximum atomic E-state index is 12.9. The lowest BCUT2D eigenvalue weighted by Crippen LogP contribution is -2.28. The van der Waals surface area contributed by atoms with Crippen LogP contribution in [0.1, 0.15) is 61.6 Å². The smallest absolute Gasteiger partial charge is 0.354 e. The number of esters is 1. The lowest BCUT2D eigenvalue weighted by molar-refractivity contribution is -0.136. The molecule has 10 heteroatoms. The van der Waals surface area contributed by atoms with Crippen molar-refractivity contribution >= 4 is 46.8 Å². The molecule has 0 atom stereocenters. The van der Waals surface area contributed by atoms with E-state index in [-0.39, 0.29) is 40.1 Å². The first-order valence-corrected chi connectivity index (χ1v) is 12.2. The molecule has 188 valence electrons. The normalized spacial score (nSPS) is 11.3. The van der Waals surface area contributed by atoms with E-state index in [2.05, 4.69) is 15.6 Å². The van der Waals surface area contributed by atoms with Crippen molar-refractivity contribution in [3.63, 3.8) is 0 Å². The Morgan fingerprint density at radius 1 is 1.17 bits per heavy atom. The largest absolute Gasteiger partial charge is 0.508 e. The number of hydrogen-bond donors (Lipinski definition) is 3. The number of benzene rings is 2. The fourth-order valence-electron chi connectivity index (χ4n) is 3.18. The van der Waals surface area contributed by atoms with E-state index in [9.17, 15) is 19.5 Å². The third-order valence-electron chi connectivity index (χ3n) is 5.11. The summed E-state index contributed by atoms with van der Waals surface area (Å²) in [6.07, 6.45) is 1.53. The topological polar surface area (TPSA) is 118 Å². The first-order valence-electron chi connectivity index (χ1n) is 11.0. The molecule has 8 nitrogen and oxygen atoms in total. The average molecular weight is 528 g/mol. The Morgan fingerprint density at radius 3 is 2.53 bits per heavy atom. The predicted octanol–water partition coefficient (Wildman–Crippen LogP) is 4.81. The first-order chi connectivity index (χ1) is 17.1. The maximum Gasteiger partial charge on any atom is 0.354 e. The van der Waals surface area contributed by atoms with Gasteiger partial charge in [-0.05, 0) is 48.9 Å². The van der Waals surface area contributed by atoms with Crippen LogP contribution in [-0.2, 0) is 16.1 Å². The highest BCUT2D eigenvalue weighted by Gasteiger charge is 2.20. The van der Waals surface area contributed by atoms with Crippen molar-refractivity contribution in [2.24, 2.45) is 0 Å². The van der Waals surface area contributed by atoms with E-state index in [4.69, 9.17) is 16.3 Å². The molecule has 1 heterocycles. The van der Waals surface area contributed by atoms with Gasteiger partial charge < -0.3 is 20.5 Å². The minimum atomic E-state index is -0.721. The Labute approximate surface area is 218 Å². The van der Waals surface area contributed by atoms with Crippen LogP contribution >= 0.6 is 22.9 Å². The Kier molecular flexibility index (Phi) is 8.84. The van der Waals surface area contributed by atoms with E-state index in [0.29, 0.717) is 0 Å². The number of amides is 2. The van der Waals surface area contributed by atoms with Crippen molar-refractivity contribution < 1.29 is 24.2 Å². The van der Waals surface area contributed by atoms with Gasteiger partial charge >= 0.3 is 5.97 Å². The van der Waals surface area contributed by atoms with Crippen molar-refractivity contribution in [3.8, 4) is 5.75 Å². The number of thiazole rings is 1. The number of aromatic hydroxyl groups is 1. The van der Waals surface area contributed by atoms with Gasteiger partial charge in [-0.2, -0.15) is 0 Å². The summed E-state index contributed by atoms with van der Waals surface area (Å²) in [6.45, 7) is 6.07. The highest BCUT2D eigenvalue weighted by Crippen LogP contribution is 2.26. The molecule has 0 radical (unpaired) electrons. The predicted molar refractivity (Wildman–Crippen MR) is 139 cm³/mol. The summed E-state index contributed by atoms with van der Waals surface area (Å²) in [5.41, 5.74) is 1.73. The molecule has 3 aromatic rings. The molecule has 0 bridgehead atoms. The molecule has 36 heavy (non-hydrogen) atoms. The Morgan fingerprint density at radius 2 is 1.92 bits per heavy atom. The quantitative estimate of drug-likeness (QED) is 0.286. The van der Waals surface area contributed by atoms with E-state index in [1.807, 2.05) is 20.8 Å². The summed E-state index contributed by atoms with van der Waals surface area (Å²) < 4.78 is 4.83. The summed E-state index contributed by atoms with van der Waals surface area (Å²) in [7, 11) is 1.22. The van der Waals surface area contributed by atoms with Gasteiger partial charge in [-0.3, -0.25) is 9.59 Å². The third kappa shape index (κ3) is 6.71. The lowest BCUT2D eigenvalue weighted by Gasteiger charge is -2.11. The molecule has 0 spiro atoms. The minimum absolute atomic E-state index is 0.0396. The number of rotatable bonds is 8. The number of carbonyl (C=O) groups excluding carboxylic acids is 3. The Bertz CT molecular complexity index is 1330. The number of nitrogens with zero attached hydrogens (tertiary/aromatic N) is 1. The second-order valence-electron chi connectivity index (χ2n) is 8.21. The number of carbonyl (C=O) groups is 3. The molecule has 0 aliphatic carbocycles. The van der Waals surface area contributed by atoms with Gasteiger partial charge in [-0.1, -0.05) is 37.6 Å². The molecule has 0 saturated carbocycles. The number of aryl methyl sites for hydroxylation is 1. The Hall–Kier alpha value is -3.69. The van der Waals surface area contributed by atoms with Crippen molar-refractivity contribution in [2.75, 3.05) is 7.11 Å². The molecule has 3 rings (SSSR count). The second kappa shape index (κ2) is 11.8. The number of nitrogens with one attached hydrogen (secondary N) is 2. The van der Waals surface area contributed by atoms with E-state index in [0.717, 1.165) is 21.1 Å². The van der Waals surface area contributed by atoms with Crippen LogP contribution in [0, 0.1) is 6.92 Å². The van der Waals surface area contributed by atoms with Crippen molar-refractivity contribution in [3.05, 3.63) is 85.5 Å². The van der Waals surface area contributed by atoms with Crippen LogP contribution < -0.4 is 10.6 Å². The molecule has 0 saturated heterocycles. The zero-order valence-electron chi connectivity index (χ0n) is 20.2. The van der Waals surface area contributed by atoms with Crippen LogP contribution in [0.2, 0.25) is 5.02 Å². The van der Waals surface area contributed by atoms with Gasteiger partial charge in [0.25, 0.3) is 11.8 Å². The van der Waals surface area contributed by atoms with Crippen molar-refractivity contribution in [2.45, 2.75) is 33.2 Å². The van der Waals surface area contributed by atoms with E-state index in [1.54, 1.807) is 18.2 Å². The van der Waals surface area contributed by atoms with Crippen LogP contribution in [0.4, 0.5) is 0 Å². The van der Waals surface area contributed by atoms with Crippen LogP contribution in [-0.4, -0.2) is 35.0 Å². The van der Waals surface area contributed by atoms with E-state index < -0.39 is 17.8 Å². The van der Waals surface area contributed by atoms with Crippen LogP contribution in [0.3, 0.4) is 0 Å². The fourth-order valence-corrected chi connectivity index (χ4v) is 4.46. The third-order valence-corrected chi connectivity index (χ3v) is 6.83. The second-order valence-corrected chi connectivity index (χ2v) is 9.68. The maximum absolute atomic E-state index is 12.9. The van der Waals surface area contributed by atoms with Crippen LogP contribution in [0.25, 0.3) is 6.08 Å². The van der Waals surface area contributed by atoms with Gasteiger partial charge in [0.2, 0.25) is 0 Å². The highest BCUT2D eigenvalue weighted by atomic mass is 35.5. The number of aromatic nitrogens is 1. The Balaban J connectivity index is 1.76. The number of phenolic OH excluding ortho intramolecular Hbond substituents is 1. The van der Waals surface area contributed by atoms with Gasteiger partial charge in [0.15, 0.2) is 0 Å². The molecular weight excluding hydrogens is 502 g/mol. The number of phenols is 1. The monoisotopic (exact) mass is 527 g/mol. The summed E-state index contributed by atoms with van der Waals surface area (Å²) in [6, 6.07) is 10.8. The average Bonchev–Trinajstić information content (AvgIpc) is 3.21. The summed E-state index contributed by atoms with van der Waals surface area (Å²) in [4.78, 5) is 43.0. The number of methoxy groups -OCH3 is 1. The van der Waals surface area contributed by atoms with Crippen LogP contribution in [0.5, 0.6) is 5.75 Å². The van der Waals surface area contributed by atoms with Gasteiger partial charge in [-0.15, -0.1) is 11.3 Å². The first kappa shape index (κ1) is 26.9. The van der Waals surface area contributed by atoms with Gasteiger partial charge in [0.05, 0.1) is 33.3 Å². The SMILES string of the molecule is COC(=O)C(=Cc1sc(C(C)C)nc1C)NC(=O)c1ccc(C(=O)NCc2cccc(O)c2)cc1Cl. The van der Waals surface area contributed by atoms with Crippen LogP contribution in [0.15, 0.2) is 48.2 Å². The van der Waals surface area contributed by atoms with Gasteiger partial charge in [0.1, 0.15) is 11.4 Å². The minimum Gasteiger partial charge on any atom is -0.508 e. The molecule has 0 aliphatic heterocycles. The molecular formula is C26H26ClN3O5S. The molecule has 0 fully saturated rings. The highest BCUT2D eigenvalue weighted by molar-refractivity contribution is 7.12. The summed E-state index contributed by atoms with van der Waals surface area (Å²) in [5, 5.41) is 15.8. The zero-order valence-corrected chi connectivity index (χ0v) is 21.8. The number of ether oxygens (including phenoxy) is 1. The summed E-state index contributed by atoms with van der Waals surface area (Å²) >= 11 is 7.74. The summed E-state index contributed by atoms with van der Waals surface area (Å²) in [5.74, 6) is -1.42. The zero-order chi connectivity index (χ0) is 26.4. The molecule has 3 N–H and O–H groups in total. The molecule has 0 aliphatic rings. The van der Waals surface area contributed by atoms with Gasteiger partial charge in [-0.25, -0.2) is 9.78 Å². The standard InChI is InChI=1S/C26H26ClN3O5S/c1-14(2)25-29-15(3)22(36-25)12-21(26(34)35-4)30-24(33)19-9-8-17(11-20(19)27)23(32)28-13-16-6-5-7-18(31)10-16/h5-12,14,31H,13H2,1-4H3,(H,28,32)(H,30,33). The lowest BCUT2D eigenvalue weighted by atomic mass is 10.1. The number of halogens is 1. The van der Waals surface area contributed by atoms with Crippen molar-refractivity contribution in [1.82, 2.24) is 15.6 Å². The van der Waals surface area contributed by atoms with Crippen molar-refractivity contribution in [1.29, 1.82) is 0 Å². The van der Waals surface area contributed by atoms with E-state index in [1.165, 1.54) is 48.8 Å². The molecule has 2 aromatic carbocycles. The molecule has 2 amide bonds. The fraction of sp³-hybridized carbons (Fsp3) is 0.231. The number of hydrogen-bond acceptors (Lipinski definition) is 7.